The topological polar surface area (TPSA) is 81.5 Å². The van der Waals surface area contributed by atoms with Gasteiger partial charge >= 0.3 is 0 Å². The molecule has 0 fully saturated rings. The largest absolute Gasteiger partial charge is 0.370 e. The van der Waals surface area contributed by atoms with Crippen molar-refractivity contribution in [2.75, 3.05) is 0 Å². The Hall–Kier alpha value is -3.28. The Balaban J connectivity index is 2.46. The predicted molar refractivity (Wildman–Crippen MR) is 111 cm³/mol. The number of hydrogen-bond donors (Lipinski definition) is 2. The summed E-state index contributed by atoms with van der Waals surface area (Å²) in [5, 5.41) is 1.46. The number of aliphatic imine (C=N–C) groups is 1. The third-order valence-electron chi connectivity index (χ3n) is 5.05. The number of nitrogens with zero attached hydrogens (tertiary/aromatic N) is 1. The third kappa shape index (κ3) is 4.11. The molecule has 2 aromatic carbocycles. The Morgan fingerprint density at radius 1 is 1.03 bits per heavy atom. The van der Waals surface area contributed by atoms with Gasteiger partial charge in [-0.2, -0.15) is 4.99 Å². The lowest BCUT2D eigenvalue weighted by Gasteiger charge is -2.12. The normalized spacial score (nSPS) is 13.4. The van der Waals surface area contributed by atoms with Crippen molar-refractivity contribution in [1.29, 1.82) is 0 Å². The van der Waals surface area contributed by atoms with Crippen molar-refractivity contribution in [1.82, 2.24) is 0 Å². The number of carbonyl (C=O) groups is 1. The van der Waals surface area contributed by atoms with Crippen molar-refractivity contribution < 1.29 is 13.6 Å². The minimum absolute atomic E-state index is 0.0723. The first-order chi connectivity index (χ1) is 13.8. The van der Waals surface area contributed by atoms with Crippen LogP contribution in [-0.2, 0) is 0 Å². The van der Waals surface area contributed by atoms with E-state index >= 15 is 0 Å². The van der Waals surface area contributed by atoms with Gasteiger partial charge in [0, 0.05) is 5.56 Å². The van der Waals surface area contributed by atoms with E-state index < -0.39 is 17.5 Å². The molecular weight excluding hydrogens is 372 g/mol. The van der Waals surface area contributed by atoms with Gasteiger partial charge in [-0.15, -0.1) is 0 Å². The molecule has 0 saturated heterocycles. The molecule has 0 atom stereocenters. The molecule has 2 aromatic rings. The van der Waals surface area contributed by atoms with Gasteiger partial charge in [0.25, 0.3) is 5.91 Å². The van der Waals surface area contributed by atoms with Crippen molar-refractivity contribution in [3.63, 3.8) is 0 Å². The molecule has 0 saturated carbocycles. The monoisotopic (exact) mass is 395 g/mol. The summed E-state index contributed by atoms with van der Waals surface area (Å²) in [4.78, 5) is 15.9. The van der Waals surface area contributed by atoms with E-state index in [0.29, 0.717) is 17.2 Å². The zero-order valence-corrected chi connectivity index (χ0v) is 16.4. The van der Waals surface area contributed by atoms with Crippen LogP contribution in [0.25, 0.3) is 11.1 Å². The average molecular weight is 395 g/mol. The number of carbonyl (C=O) groups excluding carboxylic acids is 1. The molecule has 0 heterocycles. The first kappa shape index (κ1) is 20.5. The minimum atomic E-state index is -0.637. The summed E-state index contributed by atoms with van der Waals surface area (Å²) < 4.78 is 29.4. The number of amides is 1. The second kappa shape index (κ2) is 8.39. The molecule has 1 amide bonds. The van der Waals surface area contributed by atoms with Gasteiger partial charge in [-0.25, -0.2) is 8.78 Å². The SMILES string of the molecule is CCC1=CC(CC)=c2ccc(C(=O)N=C(N)N)cc2=C(c2c(F)cccc2F)C1. The summed E-state index contributed by atoms with van der Waals surface area (Å²) in [7, 11) is 0. The van der Waals surface area contributed by atoms with E-state index in [1.807, 2.05) is 13.8 Å². The third-order valence-corrected chi connectivity index (χ3v) is 5.05. The quantitative estimate of drug-likeness (QED) is 0.617. The van der Waals surface area contributed by atoms with Crippen LogP contribution in [-0.4, -0.2) is 11.9 Å². The van der Waals surface area contributed by atoms with Gasteiger partial charge in [-0.1, -0.05) is 37.6 Å². The highest BCUT2D eigenvalue weighted by atomic mass is 19.1. The van der Waals surface area contributed by atoms with Crippen LogP contribution in [0.4, 0.5) is 8.78 Å². The Morgan fingerprint density at radius 2 is 1.72 bits per heavy atom. The number of fused-ring (bicyclic) bond motifs is 1. The van der Waals surface area contributed by atoms with Gasteiger partial charge in [-0.3, -0.25) is 4.79 Å². The molecule has 0 unspecified atom stereocenters. The Labute approximate surface area is 167 Å². The number of benzene rings is 2. The fourth-order valence-electron chi connectivity index (χ4n) is 3.61. The summed E-state index contributed by atoms with van der Waals surface area (Å²) in [6.45, 7) is 4.04. The van der Waals surface area contributed by atoms with E-state index in [9.17, 15) is 13.6 Å². The fourth-order valence-corrected chi connectivity index (χ4v) is 3.61. The zero-order chi connectivity index (χ0) is 21.1. The number of rotatable bonds is 4. The molecule has 6 heteroatoms. The maximum atomic E-state index is 14.7. The summed E-state index contributed by atoms with van der Waals surface area (Å²) in [6.07, 6.45) is 3.95. The second-order valence-electron chi connectivity index (χ2n) is 6.89. The maximum Gasteiger partial charge on any atom is 0.280 e. The molecule has 0 bridgehead atoms. The highest BCUT2D eigenvalue weighted by Crippen LogP contribution is 2.28. The highest BCUT2D eigenvalue weighted by molar-refractivity contribution is 6.02. The van der Waals surface area contributed by atoms with E-state index in [1.165, 1.54) is 18.2 Å². The first-order valence-electron chi connectivity index (χ1n) is 9.49. The van der Waals surface area contributed by atoms with Gasteiger partial charge in [0.15, 0.2) is 5.96 Å². The predicted octanol–water partition coefficient (Wildman–Crippen LogP) is 2.88. The van der Waals surface area contributed by atoms with Gasteiger partial charge in [0.1, 0.15) is 11.6 Å². The van der Waals surface area contributed by atoms with Crippen LogP contribution in [0.1, 0.15) is 49.0 Å². The van der Waals surface area contributed by atoms with Crippen molar-refractivity contribution >= 4 is 23.0 Å². The van der Waals surface area contributed by atoms with Gasteiger partial charge < -0.3 is 11.5 Å². The number of guanidine groups is 1. The average Bonchev–Trinajstić information content (AvgIpc) is 2.84. The maximum absolute atomic E-state index is 14.7. The summed E-state index contributed by atoms with van der Waals surface area (Å²) >= 11 is 0. The van der Waals surface area contributed by atoms with Crippen LogP contribution >= 0.6 is 0 Å². The molecule has 3 rings (SSSR count). The fraction of sp³-hybridized carbons (Fsp3) is 0.217. The van der Waals surface area contributed by atoms with Crippen molar-refractivity contribution in [2.45, 2.75) is 33.1 Å². The van der Waals surface area contributed by atoms with Gasteiger partial charge in [-0.05, 0) is 65.1 Å². The van der Waals surface area contributed by atoms with Crippen molar-refractivity contribution in [2.24, 2.45) is 16.5 Å². The van der Waals surface area contributed by atoms with Crippen LogP contribution in [0.15, 0.2) is 53.0 Å². The number of hydrogen-bond acceptors (Lipinski definition) is 1. The molecule has 4 nitrogen and oxygen atoms in total. The first-order valence-corrected chi connectivity index (χ1v) is 9.49. The lowest BCUT2D eigenvalue weighted by Crippen LogP contribution is -2.31. The molecular formula is C23H23F2N3O. The summed E-state index contributed by atoms with van der Waals surface area (Å²) in [5.41, 5.74) is 13.4. The van der Waals surface area contributed by atoms with E-state index in [2.05, 4.69) is 11.1 Å². The van der Waals surface area contributed by atoms with E-state index in [0.717, 1.165) is 29.2 Å². The van der Waals surface area contributed by atoms with Crippen LogP contribution in [0.5, 0.6) is 0 Å². The summed E-state index contributed by atoms with van der Waals surface area (Å²) in [5.74, 6) is -2.22. The highest BCUT2D eigenvalue weighted by Gasteiger charge is 2.19. The second-order valence-corrected chi connectivity index (χ2v) is 6.89. The molecule has 1 aliphatic rings. The summed E-state index contributed by atoms with van der Waals surface area (Å²) in [6, 6.07) is 8.85. The molecule has 1 aliphatic carbocycles. The van der Waals surface area contributed by atoms with Crippen LogP contribution in [0, 0.1) is 11.6 Å². The Bertz CT molecular complexity index is 1140. The lowest BCUT2D eigenvalue weighted by molar-refractivity contribution is 0.100. The number of allylic oxidation sites excluding steroid dienone is 2. The molecule has 0 aliphatic heterocycles. The lowest BCUT2D eigenvalue weighted by atomic mass is 9.94. The molecule has 0 aromatic heterocycles. The number of nitrogens with two attached hydrogens (primary N) is 2. The van der Waals surface area contributed by atoms with E-state index in [-0.39, 0.29) is 17.1 Å². The Morgan fingerprint density at radius 3 is 2.31 bits per heavy atom. The van der Waals surface area contributed by atoms with Crippen LogP contribution in [0.3, 0.4) is 0 Å². The van der Waals surface area contributed by atoms with Crippen LogP contribution < -0.4 is 21.9 Å². The standard InChI is InChI=1S/C23H23F2N3O/c1-3-13-10-14(4-2)16-9-8-15(22(29)28-23(26)27)12-17(16)18(11-13)21-19(24)6-5-7-20(21)25/h5-10,12H,3-4,11H2,1-2H3,(H4,26,27,28,29). The molecule has 0 radical (unpaired) electrons. The Kier molecular flexibility index (Phi) is 5.92. The van der Waals surface area contributed by atoms with Crippen LogP contribution in [0.2, 0.25) is 0 Å². The van der Waals surface area contributed by atoms with E-state index in [1.54, 1.807) is 18.2 Å². The minimum Gasteiger partial charge on any atom is -0.370 e. The van der Waals surface area contributed by atoms with Gasteiger partial charge in [0.2, 0.25) is 0 Å². The molecule has 0 spiro atoms. The van der Waals surface area contributed by atoms with Gasteiger partial charge in [0.05, 0.1) is 5.56 Å². The molecule has 29 heavy (non-hydrogen) atoms. The van der Waals surface area contributed by atoms with Crippen molar-refractivity contribution in [3.05, 3.63) is 81.2 Å². The van der Waals surface area contributed by atoms with E-state index in [4.69, 9.17) is 11.5 Å². The molecule has 4 N–H and O–H groups in total. The number of halogens is 2. The smallest absolute Gasteiger partial charge is 0.280 e. The zero-order valence-electron chi connectivity index (χ0n) is 16.4. The molecule has 150 valence electrons. The van der Waals surface area contributed by atoms with Crippen molar-refractivity contribution in [3.8, 4) is 0 Å².